The lowest BCUT2D eigenvalue weighted by Crippen LogP contribution is -2.36. The molecule has 5 nitrogen and oxygen atoms in total. The van der Waals surface area contributed by atoms with Crippen LogP contribution in [-0.4, -0.2) is 26.9 Å². The largest absolute Gasteiger partial charge is 0.333 e. The Morgan fingerprint density at radius 2 is 1.94 bits per heavy atom. The predicted octanol–water partition coefficient (Wildman–Crippen LogP) is 4.15. The molecule has 0 N–H and O–H groups in total. The molecular formula is C24H20FN3O2S. The van der Waals surface area contributed by atoms with Crippen molar-refractivity contribution >= 4 is 27.5 Å². The zero-order valence-corrected chi connectivity index (χ0v) is 17.8. The van der Waals surface area contributed by atoms with Crippen LogP contribution in [0.15, 0.2) is 59.7 Å². The first-order chi connectivity index (χ1) is 15.0. The lowest BCUT2D eigenvalue weighted by molar-refractivity contribution is 0.0736. The van der Waals surface area contributed by atoms with Crippen molar-refractivity contribution in [1.82, 2.24) is 14.5 Å². The SMILES string of the molecule is Cc1ccccc1C(=O)N1CCc2c(sc3ncn(Cc4ccccc4F)c(=O)c23)C1. The molecule has 4 aromatic rings. The highest BCUT2D eigenvalue weighted by molar-refractivity contribution is 7.18. The van der Waals surface area contributed by atoms with Gasteiger partial charge in [0.1, 0.15) is 10.6 Å². The summed E-state index contributed by atoms with van der Waals surface area (Å²) in [5, 5.41) is 0.599. The molecule has 1 aliphatic rings. The first-order valence-corrected chi connectivity index (χ1v) is 10.9. The van der Waals surface area contributed by atoms with Crippen LogP contribution in [0.5, 0.6) is 0 Å². The standard InChI is InChI=1S/C24H20FN3O2S/c1-15-6-2-4-8-17(15)23(29)27-11-10-18-20(13-27)31-22-21(18)24(30)28(14-26-22)12-16-7-3-5-9-19(16)25/h2-9,14H,10-13H2,1H3. The van der Waals surface area contributed by atoms with Crippen LogP contribution in [0.2, 0.25) is 0 Å². The Morgan fingerprint density at radius 1 is 1.16 bits per heavy atom. The van der Waals surface area contributed by atoms with Gasteiger partial charge in [0.05, 0.1) is 24.8 Å². The van der Waals surface area contributed by atoms with Crippen molar-refractivity contribution < 1.29 is 9.18 Å². The highest BCUT2D eigenvalue weighted by Gasteiger charge is 2.27. The fourth-order valence-corrected chi connectivity index (χ4v) is 5.29. The summed E-state index contributed by atoms with van der Waals surface area (Å²) in [6.07, 6.45) is 2.09. The number of amides is 1. The summed E-state index contributed by atoms with van der Waals surface area (Å²) in [5.74, 6) is -0.335. The maximum Gasteiger partial charge on any atom is 0.262 e. The molecule has 0 spiro atoms. The fourth-order valence-electron chi connectivity index (χ4n) is 4.10. The maximum absolute atomic E-state index is 14.1. The third-order valence-electron chi connectivity index (χ3n) is 5.79. The lowest BCUT2D eigenvalue weighted by Gasteiger charge is -2.27. The number of carbonyl (C=O) groups is 1. The summed E-state index contributed by atoms with van der Waals surface area (Å²) in [6, 6.07) is 14.0. The van der Waals surface area contributed by atoms with Crippen molar-refractivity contribution in [3.63, 3.8) is 0 Å². The summed E-state index contributed by atoms with van der Waals surface area (Å²) in [7, 11) is 0. The lowest BCUT2D eigenvalue weighted by atomic mass is 10.0. The zero-order chi connectivity index (χ0) is 21.5. The minimum atomic E-state index is -0.341. The number of fused-ring (bicyclic) bond motifs is 3. The van der Waals surface area contributed by atoms with Gasteiger partial charge < -0.3 is 4.90 Å². The molecule has 3 heterocycles. The number of aryl methyl sites for hydroxylation is 1. The van der Waals surface area contributed by atoms with Crippen LogP contribution in [0.1, 0.15) is 31.9 Å². The van der Waals surface area contributed by atoms with Crippen LogP contribution in [-0.2, 0) is 19.5 Å². The summed E-state index contributed by atoms with van der Waals surface area (Å²) in [5.41, 5.74) is 2.91. The van der Waals surface area contributed by atoms with E-state index in [4.69, 9.17) is 0 Å². The van der Waals surface area contributed by atoms with Gasteiger partial charge in [-0.1, -0.05) is 36.4 Å². The van der Waals surface area contributed by atoms with E-state index in [0.717, 1.165) is 16.0 Å². The van der Waals surface area contributed by atoms with E-state index in [1.54, 1.807) is 18.2 Å². The smallest absolute Gasteiger partial charge is 0.262 e. The molecule has 0 saturated heterocycles. The molecule has 156 valence electrons. The Labute approximate surface area is 182 Å². The Morgan fingerprint density at radius 3 is 2.74 bits per heavy atom. The second kappa shape index (κ2) is 7.74. The molecular weight excluding hydrogens is 413 g/mol. The molecule has 0 atom stereocenters. The molecule has 1 amide bonds. The topological polar surface area (TPSA) is 55.2 Å². The first kappa shape index (κ1) is 19.6. The molecule has 0 fully saturated rings. The second-order valence-corrected chi connectivity index (χ2v) is 8.83. The molecule has 0 unspecified atom stereocenters. The number of carbonyl (C=O) groups excluding carboxylic acids is 1. The van der Waals surface area contributed by atoms with E-state index in [1.165, 1.54) is 28.3 Å². The molecule has 1 aliphatic heterocycles. The third-order valence-corrected chi connectivity index (χ3v) is 6.91. The molecule has 0 bridgehead atoms. The Kier molecular flexibility index (Phi) is 4.90. The highest BCUT2D eigenvalue weighted by atomic mass is 32.1. The van der Waals surface area contributed by atoms with Crippen LogP contribution in [0.25, 0.3) is 10.2 Å². The molecule has 0 saturated carbocycles. The summed E-state index contributed by atoms with van der Waals surface area (Å²) < 4.78 is 15.5. The predicted molar refractivity (Wildman–Crippen MR) is 119 cm³/mol. The Hall–Kier alpha value is -3.32. The van der Waals surface area contributed by atoms with Gasteiger partial charge in [0.25, 0.3) is 11.5 Å². The second-order valence-electron chi connectivity index (χ2n) is 7.74. The minimum absolute atomic E-state index is 0.00568. The van der Waals surface area contributed by atoms with Crippen molar-refractivity contribution in [2.24, 2.45) is 0 Å². The van der Waals surface area contributed by atoms with Crippen LogP contribution in [0, 0.1) is 12.7 Å². The first-order valence-electron chi connectivity index (χ1n) is 10.1. The van der Waals surface area contributed by atoms with Gasteiger partial charge in [-0.15, -0.1) is 11.3 Å². The highest BCUT2D eigenvalue weighted by Crippen LogP contribution is 2.33. The van der Waals surface area contributed by atoms with Crippen LogP contribution in [0.4, 0.5) is 4.39 Å². The van der Waals surface area contributed by atoms with Gasteiger partial charge in [-0.25, -0.2) is 9.37 Å². The van der Waals surface area contributed by atoms with Gasteiger partial charge in [0.2, 0.25) is 0 Å². The van der Waals surface area contributed by atoms with E-state index >= 15 is 0 Å². The number of halogens is 1. The average Bonchev–Trinajstić information content (AvgIpc) is 3.15. The van der Waals surface area contributed by atoms with Crippen molar-refractivity contribution in [3.05, 3.63) is 98.2 Å². The number of nitrogens with zero attached hydrogens (tertiary/aromatic N) is 3. The van der Waals surface area contributed by atoms with Crippen molar-refractivity contribution in [2.45, 2.75) is 26.4 Å². The molecule has 5 rings (SSSR count). The van der Waals surface area contributed by atoms with E-state index < -0.39 is 0 Å². The number of thiophene rings is 1. The van der Waals surface area contributed by atoms with Crippen LogP contribution >= 0.6 is 11.3 Å². The molecule has 0 aliphatic carbocycles. The van der Waals surface area contributed by atoms with Gasteiger partial charge in [-0.2, -0.15) is 0 Å². The van der Waals surface area contributed by atoms with Gasteiger partial charge >= 0.3 is 0 Å². The van der Waals surface area contributed by atoms with E-state index in [1.807, 2.05) is 36.1 Å². The average molecular weight is 434 g/mol. The normalized spacial score (nSPS) is 13.4. The van der Waals surface area contributed by atoms with Gasteiger partial charge in [0, 0.05) is 22.5 Å². The van der Waals surface area contributed by atoms with Crippen molar-refractivity contribution in [1.29, 1.82) is 0 Å². The quantitative estimate of drug-likeness (QED) is 0.488. The van der Waals surface area contributed by atoms with Crippen molar-refractivity contribution in [2.75, 3.05) is 6.54 Å². The number of benzene rings is 2. The van der Waals surface area contributed by atoms with Crippen LogP contribution in [0.3, 0.4) is 0 Å². The monoisotopic (exact) mass is 433 g/mol. The fraction of sp³-hybridized carbons (Fsp3) is 0.208. The van der Waals surface area contributed by atoms with E-state index in [0.29, 0.717) is 40.9 Å². The van der Waals surface area contributed by atoms with Gasteiger partial charge in [-0.05, 0) is 36.6 Å². The Bertz CT molecular complexity index is 1380. The molecule has 7 heteroatoms. The van der Waals surface area contributed by atoms with Crippen LogP contribution < -0.4 is 5.56 Å². The summed E-state index contributed by atoms with van der Waals surface area (Å²) >= 11 is 1.46. The van der Waals surface area contributed by atoms with Gasteiger partial charge in [0.15, 0.2) is 0 Å². The third kappa shape index (κ3) is 3.45. The molecule has 0 radical (unpaired) electrons. The van der Waals surface area contributed by atoms with E-state index in [-0.39, 0.29) is 23.8 Å². The number of rotatable bonds is 3. The zero-order valence-electron chi connectivity index (χ0n) is 17.0. The molecule has 2 aromatic heterocycles. The number of hydrogen-bond donors (Lipinski definition) is 0. The molecule has 2 aromatic carbocycles. The maximum atomic E-state index is 14.1. The van der Waals surface area contributed by atoms with E-state index in [2.05, 4.69) is 4.98 Å². The van der Waals surface area contributed by atoms with Crippen molar-refractivity contribution in [3.8, 4) is 0 Å². The molecule has 31 heavy (non-hydrogen) atoms. The van der Waals surface area contributed by atoms with Gasteiger partial charge in [-0.3, -0.25) is 14.2 Å². The summed E-state index contributed by atoms with van der Waals surface area (Å²) in [6.45, 7) is 3.09. The Balaban J connectivity index is 1.48. The number of aromatic nitrogens is 2. The number of hydrogen-bond acceptors (Lipinski definition) is 4. The summed E-state index contributed by atoms with van der Waals surface area (Å²) in [4.78, 5) is 34.2. The van der Waals surface area contributed by atoms with E-state index in [9.17, 15) is 14.0 Å². The minimum Gasteiger partial charge on any atom is -0.333 e.